The molecular weight excluding hydrogens is 310 g/mol. The Morgan fingerprint density at radius 2 is 1.91 bits per heavy atom. The Kier molecular flexibility index (Phi) is 4.49. The van der Waals surface area contributed by atoms with Crippen molar-refractivity contribution in [2.75, 3.05) is 5.32 Å². The largest absolute Gasteiger partial charge is 0.485 e. The smallest absolute Gasteiger partial charge is 0.248 e. The minimum absolute atomic E-state index is 0.103. The lowest BCUT2D eigenvalue weighted by molar-refractivity contribution is -0.111. The fourth-order valence-corrected chi connectivity index (χ4v) is 2.54. The molecule has 0 spiro atoms. The van der Waals surface area contributed by atoms with Crippen LogP contribution in [0, 0.1) is 0 Å². The zero-order valence-electron chi connectivity index (χ0n) is 12.6. The summed E-state index contributed by atoms with van der Waals surface area (Å²) in [6.45, 7) is 1.96. The highest BCUT2D eigenvalue weighted by molar-refractivity contribution is 6.33. The highest BCUT2D eigenvalue weighted by Gasteiger charge is 2.16. The fourth-order valence-electron chi connectivity index (χ4n) is 2.36. The van der Waals surface area contributed by atoms with Crippen molar-refractivity contribution < 1.29 is 9.53 Å². The van der Waals surface area contributed by atoms with Crippen molar-refractivity contribution >= 4 is 29.3 Å². The van der Waals surface area contributed by atoms with Gasteiger partial charge in [0.2, 0.25) is 5.91 Å². The lowest BCUT2D eigenvalue weighted by atomic mass is 10.0. The Hall–Kier alpha value is -2.52. The van der Waals surface area contributed by atoms with Crippen molar-refractivity contribution in [3.05, 3.63) is 76.8 Å². The molecule has 0 bridgehead atoms. The number of anilines is 1. The van der Waals surface area contributed by atoms with E-state index in [0.717, 1.165) is 16.9 Å². The summed E-state index contributed by atoms with van der Waals surface area (Å²) in [7, 11) is 0. The van der Waals surface area contributed by atoms with E-state index < -0.39 is 0 Å². The van der Waals surface area contributed by atoms with Gasteiger partial charge in [0, 0.05) is 11.6 Å². The molecule has 1 N–H and O–H groups in total. The molecule has 0 fully saturated rings. The number of halogens is 1. The zero-order chi connectivity index (χ0) is 16.2. The third-order valence-electron chi connectivity index (χ3n) is 3.57. The first kappa shape index (κ1) is 15.4. The monoisotopic (exact) mass is 325 g/mol. The standard InChI is InChI=1S/C19H16ClNO2/c1-13-14(12-15-6-2-5-9-18(15)23-13)10-11-19(22)21-17-8-4-3-7-16(17)20/h2-13H,1H3,(H,21,22). The molecule has 1 unspecified atom stereocenters. The van der Waals surface area contributed by atoms with Gasteiger partial charge in [-0.3, -0.25) is 4.79 Å². The molecule has 1 aliphatic rings. The van der Waals surface area contributed by atoms with E-state index in [1.165, 1.54) is 6.08 Å². The maximum absolute atomic E-state index is 12.0. The minimum Gasteiger partial charge on any atom is -0.485 e. The molecule has 0 aromatic heterocycles. The number of fused-ring (bicyclic) bond motifs is 1. The van der Waals surface area contributed by atoms with Crippen molar-refractivity contribution in [2.45, 2.75) is 13.0 Å². The van der Waals surface area contributed by atoms with Crippen molar-refractivity contribution in [1.82, 2.24) is 0 Å². The number of carbonyl (C=O) groups excluding carboxylic acids is 1. The van der Waals surface area contributed by atoms with Gasteiger partial charge in [0.15, 0.2) is 0 Å². The maximum atomic E-state index is 12.0. The van der Waals surface area contributed by atoms with Crippen LogP contribution in [-0.2, 0) is 4.79 Å². The Morgan fingerprint density at radius 3 is 2.74 bits per heavy atom. The Morgan fingerprint density at radius 1 is 1.17 bits per heavy atom. The summed E-state index contributed by atoms with van der Waals surface area (Å²) in [6.07, 6.45) is 5.19. The molecule has 0 saturated carbocycles. The molecule has 3 nitrogen and oxygen atoms in total. The van der Waals surface area contributed by atoms with Crippen LogP contribution in [0.5, 0.6) is 5.75 Å². The van der Waals surface area contributed by atoms with Gasteiger partial charge in [-0.15, -0.1) is 0 Å². The third kappa shape index (κ3) is 3.63. The van der Waals surface area contributed by atoms with Crippen molar-refractivity contribution in [2.24, 2.45) is 0 Å². The first-order chi connectivity index (χ1) is 11.1. The third-order valence-corrected chi connectivity index (χ3v) is 3.90. The van der Waals surface area contributed by atoms with E-state index in [9.17, 15) is 4.79 Å². The van der Waals surface area contributed by atoms with Crippen molar-refractivity contribution in [1.29, 1.82) is 0 Å². The summed E-state index contributed by atoms with van der Waals surface area (Å²) in [5.41, 5.74) is 2.55. The van der Waals surface area contributed by atoms with Gasteiger partial charge in [0.25, 0.3) is 0 Å². The Balaban J connectivity index is 1.74. The second-order valence-corrected chi connectivity index (χ2v) is 5.65. The number of nitrogens with one attached hydrogen (secondary N) is 1. The highest BCUT2D eigenvalue weighted by atomic mass is 35.5. The van der Waals surface area contributed by atoms with Crippen LogP contribution >= 0.6 is 11.6 Å². The van der Waals surface area contributed by atoms with Crippen molar-refractivity contribution in [3.63, 3.8) is 0 Å². The van der Waals surface area contributed by atoms with Crippen LogP contribution < -0.4 is 10.1 Å². The van der Waals surface area contributed by atoms with Crippen molar-refractivity contribution in [3.8, 4) is 5.75 Å². The molecule has 2 aromatic rings. The van der Waals surface area contributed by atoms with E-state index in [1.54, 1.807) is 18.2 Å². The van der Waals surface area contributed by atoms with Gasteiger partial charge >= 0.3 is 0 Å². The van der Waals surface area contributed by atoms with Crippen LogP contribution in [0.25, 0.3) is 6.08 Å². The number of carbonyl (C=O) groups is 1. The molecule has 1 aliphatic heterocycles. The summed E-state index contributed by atoms with van der Waals surface area (Å²) < 4.78 is 5.84. The zero-order valence-corrected chi connectivity index (χ0v) is 13.4. The Labute approximate surface area is 140 Å². The molecular formula is C19H16ClNO2. The Bertz CT molecular complexity index is 795. The molecule has 23 heavy (non-hydrogen) atoms. The minimum atomic E-state index is -0.231. The normalized spacial score (nSPS) is 16.4. The first-order valence-electron chi connectivity index (χ1n) is 7.34. The number of hydrogen-bond donors (Lipinski definition) is 1. The average molecular weight is 326 g/mol. The number of amides is 1. The van der Waals surface area contributed by atoms with E-state index in [4.69, 9.17) is 16.3 Å². The molecule has 116 valence electrons. The predicted molar refractivity (Wildman–Crippen MR) is 93.7 cm³/mol. The van der Waals surface area contributed by atoms with Crippen LogP contribution in [-0.4, -0.2) is 12.0 Å². The SMILES string of the molecule is CC1Oc2ccccc2C=C1C=CC(=O)Nc1ccccc1Cl. The summed E-state index contributed by atoms with van der Waals surface area (Å²) in [6, 6.07) is 15.0. The lowest BCUT2D eigenvalue weighted by Gasteiger charge is -2.22. The summed E-state index contributed by atoms with van der Waals surface area (Å²) in [5.74, 6) is 0.628. The van der Waals surface area contributed by atoms with Gasteiger partial charge in [-0.1, -0.05) is 41.9 Å². The number of hydrogen-bond acceptors (Lipinski definition) is 2. The van der Waals surface area contributed by atoms with E-state index in [0.29, 0.717) is 10.7 Å². The number of para-hydroxylation sites is 2. The van der Waals surface area contributed by atoms with E-state index in [1.807, 2.05) is 49.4 Å². The summed E-state index contributed by atoms with van der Waals surface area (Å²) in [4.78, 5) is 12.0. The topological polar surface area (TPSA) is 38.3 Å². The second kappa shape index (κ2) is 6.71. The number of rotatable bonds is 3. The molecule has 2 aromatic carbocycles. The molecule has 4 heteroatoms. The number of ether oxygens (including phenoxy) is 1. The van der Waals surface area contributed by atoms with Gasteiger partial charge in [-0.25, -0.2) is 0 Å². The first-order valence-corrected chi connectivity index (χ1v) is 7.72. The van der Waals surface area contributed by atoms with Crippen LogP contribution in [0.3, 0.4) is 0 Å². The predicted octanol–water partition coefficient (Wildman–Crippen LogP) is 4.70. The van der Waals surface area contributed by atoms with Gasteiger partial charge in [-0.05, 0) is 42.8 Å². The molecule has 1 heterocycles. The van der Waals surface area contributed by atoms with Gasteiger partial charge in [0.1, 0.15) is 11.9 Å². The van der Waals surface area contributed by atoms with Crippen LogP contribution in [0.4, 0.5) is 5.69 Å². The molecule has 3 rings (SSSR count). The lowest BCUT2D eigenvalue weighted by Crippen LogP contribution is -2.18. The number of benzene rings is 2. The summed E-state index contributed by atoms with van der Waals surface area (Å²) >= 11 is 6.03. The quantitative estimate of drug-likeness (QED) is 0.831. The molecule has 0 aliphatic carbocycles. The van der Waals surface area contributed by atoms with Gasteiger partial charge in [-0.2, -0.15) is 0 Å². The molecule has 0 saturated heterocycles. The van der Waals surface area contributed by atoms with Crippen LogP contribution in [0.1, 0.15) is 12.5 Å². The van der Waals surface area contributed by atoms with Gasteiger partial charge in [0.05, 0.1) is 10.7 Å². The maximum Gasteiger partial charge on any atom is 0.248 e. The molecule has 1 amide bonds. The van der Waals surface area contributed by atoms with Crippen LogP contribution in [0.15, 0.2) is 66.3 Å². The average Bonchev–Trinajstić information content (AvgIpc) is 2.55. The van der Waals surface area contributed by atoms with Gasteiger partial charge < -0.3 is 10.1 Å². The fraction of sp³-hybridized carbons (Fsp3) is 0.105. The summed E-state index contributed by atoms with van der Waals surface area (Å²) in [5, 5.41) is 3.27. The van der Waals surface area contributed by atoms with Crippen LogP contribution in [0.2, 0.25) is 5.02 Å². The van der Waals surface area contributed by atoms with E-state index >= 15 is 0 Å². The van der Waals surface area contributed by atoms with E-state index in [-0.39, 0.29) is 12.0 Å². The molecule has 0 radical (unpaired) electrons. The highest BCUT2D eigenvalue weighted by Crippen LogP contribution is 2.29. The molecule has 1 atom stereocenters. The van der Waals surface area contributed by atoms with E-state index in [2.05, 4.69) is 5.32 Å². The second-order valence-electron chi connectivity index (χ2n) is 5.24.